The molecule has 0 unspecified atom stereocenters. The summed E-state index contributed by atoms with van der Waals surface area (Å²) in [5.74, 6) is 0.364. The van der Waals surface area contributed by atoms with Crippen molar-refractivity contribution in [3.8, 4) is 0 Å². The fraction of sp³-hybridized carbons (Fsp3) is 0.0455. The molecule has 0 N–H and O–H groups in total. The van der Waals surface area contributed by atoms with E-state index in [0.29, 0.717) is 16.9 Å². The molecule has 0 bridgehead atoms. The number of imidazole rings is 1. The molecule has 0 atom stereocenters. The average Bonchev–Trinajstić information content (AvgIpc) is 3.12. The van der Waals surface area contributed by atoms with Crippen molar-refractivity contribution >= 4 is 60.9 Å². The number of para-hydroxylation sites is 2. The molecule has 0 radical (unpaired) electrons. The molecular formula is C22H17BrN2O2S2. The van der Waals surface area contributed by atoms with Gasteiger partial charge in [0.2, 0.25) is 0 Å². The molecule has 4 nitrogen and oxygen atoms in total. The highest BCUT2D eigenvalue weighted by molar-refractivity contribution is 9.10. The van der Waals surface area contributed by atoms with E-state index in [2.05, 4.69) is 20.9 Å². The third-order valence-electron chi connectivity index (χ3n) is 4.44. The lowest BCUT2D eigenvalue weighted by atomic mass is 10.2. The van der Waals surface area contributed by atoms with Crippen molar-refractivity contribution in [1.29, 1.82) is 0 Å². The number of benzene rings is 3. The number of thioether (sulfide) groups is 1. The predicted molar refractivity (Wildman–Crippen MR) is 124 cm³/mol. The second-order valence-corrected chi connectivity index (χ2v) is 9.87. The fourth-order valence-corrected chi connectivity index (χ4v) is 5.10. The molecule has 0 aliphatic heterocycles. The molecule has 0 aliphatic carbocycles. The van der Waals surface area contributed by atoms with Gasteiger partial charge in [0, 0.05) is 9.37 Å². The standard InChI is InChI=1S/C22H17BrN2O2S2/c1-28-18-11-6-16(7-12-18)8-15-22-24-20-4-2-3-5-21(20)25(22)29(26,27)19-13-9-17(23)10-14-19/h2-15H,1H3. The van der Waals surface area contributed by atoms with E-state index in [1.54, 1.807) is 48.2 Å². The van der Waals surface area contributed by atoms with Gasteiger partial charge >= 0.3 is 0 Å². The van der Waals surface area contributed by atoms with Crippen molar-refractivity contribution in [2.75, 3.05) is 6.26 Å². The molecule has 0 fully saturated rings. The average molecular weight is 485 g/mol. The number of rotatable bonds is 5. The summed E-state index contributed by atoms with van der Waals surface area (Å²) in [6.07, 6.45) is 5.64. The maximum atomic E-state index is 13.4. The maximum absolute atomic E-state index is 13.4. The van der Waals surface area contributed by atoms with Gasteiger partial charge in [-0.25, -0.2) is 17.4 Å². The van der Waals surface area contributed by atoms with Crippen LogP contribution in [-0.2, 0) is 10.0 Å². The minimum Gasteiger partial charge on any atom is -0.228 e. The Balaban J connectivity index is 1.84. The first-order valence-corrected chi connectivity index (χ1v) is 12.3. The molecule has 4 aromatic rings. The van der Waals surface area contributed by atoms with Crippen LogP contribution >= 0.6 is 27.7 Å². The summed E-state index contributed by atoms with van der Waals surface area (Å²) in [4.78, 5) is 5.94. The molecular weight excluding hydrogens is 468 g/mol. The Morgan fingerprint density at radius 1 is 0.931 bits per heavy atom. The van der Waals surface area contributed by atoms with Crippen molar-refractivity contribution in [1.82, 2.24) is 8.96 Å². The van der Waals surface area contributed by atoms with Crippen LogP contribution in [0.4, 0.5) is 0 Å². The van der Waals surface area contributed by atoms with Gasteiger partial charge in [0.1, 0.15) is 5.82 Å². The smallest absolute Gasteiger partial charge is 0.228 e. The predicted octanol–water partition coefficient (Wildman–Crippen LogP) is 5.93. The van der Waals surface area contributed by atoms with Gasteiger partial charge in [-0.1, -0.05) is 46.3 Å². The molecule has 0 saturated heterocycles. The van der Waals surface area contributed by atoms with Gasteiger partial charge in [0.15, 0.2) is 0 Å². The van der Waals surface area contributed by atoms with Crippen molar-refractivity contribution in [3.05, 3.63) is 88.7 Å². The number of aromatic nitrogens is 2. The number of nitrogens with zero attached hydrogens (tertiary/aromatic N) is 2. The summed E-state index contributed by atoms with van der Waals surface area (Å²) in [5, 5.41) is 0. The zero-order valence-corrected chi connectivity index (χ0v) is 18.7. The van der Waals surface area contributed by atoms with Crippen LogP contribution in [0.3, 0.4) is 0 Å². The SMILES string of the molecule is CSc1ccc(C=Cc2nc3ccccc3n2S(=O)(=O)c2ccc(Br)cc2)cc1. The minimum atomic E-state index is -3.81. The first-order valence-electron chi connectivity index (χ1n) is 8.80. The summed E-state index contributed by atoms with van der Waals surface area (Å²) in [7, 11) is -3.81. The van der Waals surface area contributed by atoms with Gasteiger partial charge in [-0.3, -0.25) is 0 Å². The Morgan fingerprint density at radius 2 is 1.62 bits per heavy atom. The first-order chi connectivity index (χ1) is 14.0. The van der Waals surface area contributed by atoms with E-state index < -0.39 is 10.0 Å². The topological polar surface area (TPSA) is 52.0 Å². The second-order valence-electron chi connectivity index (χ2n) is 6.29. The van der Waals surface area contributed by atoms with E-state index in [9.17, 15) is 8.42 Å². The van der Waals surface area contributed by atoms with Crippen molar-refractivity contribution in [2.24, 2.45) is 0 Å². The van der Waals surface area contributed by atoms with Crippen LogP contribution in [0.1, 0.15) is 11.4 Å². The van der Waals surface area contributed by atoms with Crippen molar-refractivity contribution in [2.45, 2.75) is 9.79 Å². The van der Waals surface area contributed by atoms with Crippen molar-refractivity contribution < 1.29 is 8.42 Å². The normalized spacial score (nSPS) is 12.1. The fourth-order valence-electron chi connectivity index (χ4n) is 2.98. The van der Waals surface area contributed by atoms with Crippen molar-refractivity contribution in [3.63, 3.8) is 0 Å². The third-order valence-corrected chi connectivity index (χ3v) is 7.44. The van der Waals surface area contributed by atoms with Crippen LogP contribution in [0, 0.1) is 0 Å². The van der Waals surface area contributed by atoms with E-state index >= 15 is 0 Å². The van der Waals surface area contributed by atoms with Gasteiger partial charge in [-0.15, -0.1) is 11.8 Å². The summed E-state index contributed by atoms with van der Waals surface area (Å²) < 4.78 is 28.9. The largest absolute Gasteiger partial charge is 0.269 e. The lowest BCUT2D eigenvalue weighted by Gasteiger charge is -2.09. The second kappa shape index (κ2) is 8.18. The molecule has 1 heterocycles. The molecule has 7 heteroatoms. The number of fused-ring (bicyclic) bond motifs is 1. The Morgan fingerprint density at radius 3 is 2.31 bits per heavy atom. The zero-order chi connectivity index (χ0) is 20.4. The lowest BCUT2D eigenvalue weighted by molar-refractivity contribution is 0.588. The van der Waals surface area contributed by atoms with Crippen LogP contribution < -0.4 is 0 Å². The Bertz CT molecular complexity index is 1290. The molecule has 0 spiro atoms. The lowest BCUT2D eigenvalue weighted by Crippen LogP contribution is -2.14. The van der Waals surface area contributed by atoms with Gasteiger partial charge in [0.25, 0.3) is 10.0 Å². The van der Waals surface area contributed by atoms with E-state index in [-0.39, 0.29) is 4.90 Å². The highest BCUT2D eigenvalue weighted by Gasteiger charge is 2.23. The van der Waals surface area contributed by atoms with E-state index in [4.69, 9.17) is 0 Å². The molecule has 0 amide bonds. The van der Waals surface area contributed by atoms with Gasteiger partial charge in [0.05, 0.1) is 15.9 Å². The van der Waals surface area contributed by atoms with Crippen LogP contribution in [0.15, 0.2) is 87.1 Å². The van der Waals surface area contributed by atoms with Crippen LogP contribution in [0.25, 0.3) is 23.2 Å². The van der Waals surface area contributed by atoms with Crippen LogP contribution in [0.5, 0.6) is 0 Å². The quantitative estimate of drug-likeness (QED) is 0.329. The number of halogens is 1. The molecule has 146 valence electrons. The number of hydrogen-bond acceptors (Lipinski definition) is 4. The highest BCUT2D eigenvalue weighted by Crippen LogP contribution is 2.25. The van der Waals surface area contributed by atoms with Crippen LogP contribution in [0.2, 0.25) is 0 Å². The molecule has 4 rings (SSSR count). The van der Waals surface area contributed by atoms with Gasteiger partial charge in [-0.2, -0.15) is 0 Å². The molecule has 1 aromatic heterocycles. The van der Waals surface area contributed by atoms with Gasteiger partial charge in [-0.05, 0) is 66.4 Å². The molecule has 0 aliphatic rings. The van der Waals surface area contributed by atoms with E-state index in [1.165, 1.54) is 8.87 Å². The Hall–Kier alpha value is -2.35. The van der Waals surface area contributed by atoms with Gasteiger partial charge < -0.3 is 0 Å². The molecule has 0 saturated carbocycles. The summed E-state index contributed by atoms with van der Waals surface area (Å²) in [5.41, 5.74) is 2.15. The Labute approximate surface area is 182 Å². The van der Waals surface area contributed by atoms with E-state index in [0.717, 1.165) is 10.0 Å². The maximum Gasteiger partial charge on any atom is 0.269 e. The third kappa shape index (κ3) is 4.03. The zero-order valence-electron chi connectivity index (χ0n) is 15.5. The molecule has 29 heavy (non-hydrogen) atoms. The van der Waals surface area contributed by atoms with Crippen LogP contribution in [-0.4, -0.2) is 23.6 Å². The summed E-state index contributed by atoms with van der Waals surface area (Å²) in [6, 6.07) is 21.9. The Kier molecular flexibility index (Phi) is 5.63. The number of hydrogen-bond donors (Lipinski definition) is 0. The molecule has 3 aromatic carbocycles. The highest BCUT2D eigenvalue weighted by atomic mass is 79.9. The first kappa shape index (κ1) is 19.9. The van der Waals surface area contributed by atoms with E-state index in [1.807, 2.05) is 54.8 Å². The minimum absolute atomic E-state index is 0.211. The monoisotopic (exact) mass is 484 g/mol. The summed E-state index contributed by atoms with van der Waals surface area (Å²) in [6.45, 7) is 0. The summed E-state index contributed by atoms with van der Waals surface area (Å²) >= 11 is 5.03.